The molecule has 0 bridgehead atoms. The third-order valence-electron chi connectivity index (χ3n) is 7.55. The van der Waals surface area contributed by atoms with Crippen molar-refractivity contribution in [3.05, 3.63) is 47.3 Å². The lowest BCUT2D eigenvalue weighted by Crippen LogP contribution is -2.44. The highest BCUT2D eigenvalue weighted by Gasteiger charge is 2.39. The summed E-state index contributed by atoms with van der Waals surface area (Å²) in [6, 6.07) is 6.83. The summed E-state index contributed by atoms with van der Waals surface area (Å²) in [4.78, 5) is 36.4. The van der Waals surface area contributed by atoms with Crippen LogP contribution in [0.1, 0.15) is 53.7 Å². The summed E-state index contributed by atoms with van der Waals surface area (Å²) < 4.78 is 40.9. The molecule has 200 valence electrons. The number of rotatable bonds is 7. The predicted molar refractivity (Wildman–Crippen MR) is 132 cm³/mol. The summed E-state index contributed by atoms with van der Waals surface area (Å²) >= 11 is 0. The van der Waals surface area contributed by atoms with Crippen LogP contribution in [0.25, 0.3) is 0 Å². The fraction of sp³-hybridized carbons (Fsp3) is 0.538. The van der Waals surface area contributed by atoms with Gasteiger partial charge in [-0.05, 0) is 82.4 Å². The number of aromatic nitrogens is 2. The van der Waals surface area contributed by atoms with Gasteiger partial charge in [-0.3, -0.25) is 9.59 Å². The maximum Gasteiger partial charge on any atom is 0.419 e. The second-order valence-corrected chi connectivity index (χ2v) is 10.0. The number of benzene rings is 1. The van der Waals surface area contributed by atoms with Crippen LogP contribution in [0.15, 0.2) is 30.5 Å². The van der Waals surface area contributed by atoms with Crippen molar-refractivity contribution >= 4 is 23.5 Å². The van der Waals surface area contributed by atoms with E-state index in [2.05, 4.69) is 27.2 Å². The molecule has 1 amide bonds. The van der Waals surface area contributed by atoms with Crippen LogP contribution in [0.3, 0.4) is 0 Å². The molecule has 2 heterocycles. The number of halogens is 3. The lowest BCUT2D eigenvalue weighted by molar-refractivity contribution is -0.142. The number of piperidine rings is 1. The number of hydrogen-bond acceptors (Lipinski definition) is 6. The number of anilines is 2. The average Bonchev–Trinajstić information content (AvgIpc) is 3.32. The first-order valence-corrected chi connectivity index (χ1v) is 12.5. The maximum absolute atomic E-state index is 13.6. The average molecular weight is 520 g/mol. The molecule has 0 radical (unpaired) electrons. The molecule has 0 unspecified atom stereocenters. The smallest absolute Gasteiger partial charge is 0.419 e. The van der Waals surface area contributed by atoms with E-state index in [-0.39, 0.29) is 30.0 Å². The van der Waals surface area contributed by atoms with Gasteiger partial charge in [0.15, 0.2) is 0 Å². The minimum atomic E-state index is -4.65. The van der Waals surface area contributed by atoms with E-state index in [1.807, 2.05) is 0 Å². The Morgan fingerprint density at radius 3 is 2.43 bits per heavy atom. The van der Waals surface area contributed by atoms with E-state index in [0.717, 1.165) is 32.1 Å². The Balaban J connectivity index is 1.47. The third kappa shape index (κ3) is 6.38. The molecule has 1 aliphatic heterocycles. The van der Waals surface area contributed by atoms with Gasteiger partial charge in [0.2, 0.25) is 5.95 Å². The highest BCUT2D eigenvalue weighted by molar-refractivity contribution is 5.94. The number of carbonyl (C=O) groups is 2. The van der Waals surface area contributed by atoms with Crippen molar-refractivity contribution in [3.63, 3.8) is 0 Å². The van der Waals surface area contributed by atoms with Crippen LogP contribution in [0.4, 0.5) is 24.8 Å². The number of carbonyl (C=O) groups excluding carboxylic acids is 1. The highest BCUT2D eigenvalue weighted by Crippen LogP contribution is 2.38. The van der Waals surface area contributed by atoms with Gasteiger partial charge in [-0.2, -0.15) is 13.2 Å². The van der Waals surface area contributed by atoms with Crippen molar-refractivity contribution in [2.24, 2.45) is 11.8 Å². The topological polar surface area (TPSA) is 98.7 Å². The molecular formula is C26H32F3N5O3. The lowest BCUT2D eigenvalue weighted by Gasteiger charge is -2.35. The van der Waals surface area contributed by atoms with Gasteiger partial charge in [0.05, 0.1) is 17.2 Å². The zero-order valence-electron chi connectivity index (χ0n) is 21.0. The lowest BCUT2D eigenvalue weighted by atomic mass is 9.90. The van der Waals surface area contributed by atoms with Crippen LogP contribution in [0, 0.1) is 11.8 Å². The molecule has 2 fully saturated rings. The van der Waals surface area contributed by atoms with Gasteiger partial charge in [-0.1, -0.05) is 6.42 Å². The van der Waals surface area contributed by atoms with Gasteiger partial charge < -0.3 is 20.2 Å². The number of aliphatic carboxylic acids is 1. The van der Waals surface area contributed by atoms with E-state index < -0.39 is 29.5 Å². The standard InChI is InChI=1S/C26H32F3N5O3/c1-33-12-10-19(11-13-33)34(2)23(35)16-6-8-18(9-7-16)31-25-30-15-21(26(27,28)29)22(32-25)14-17-4-3-5-20(17)24(36)37/h6-9,15,17,19-20H,3-5,10-14H2,1-2H3,(H,36,37)(H,30,31,32)/t17-,20-/m0/s1. The van der Waals surface area contributed by atoms with Gasteiger partial charge in [0.1, 0.15) is 0 Å². The van der Waals surface area contributed by atoms with Crippen LogP contribution in [0.2, 0.25) is 0 Å². The minimum Gasteiger partial charge on any atom is -0.481 e. The van der Waals surface area contributed by atoms with Gasteiger partial charge in [0, 0.05) is 30.5 Å². The van der Waals surface area contributed by atoms with Crippen LogP contribution in [-0.4, -0.2) is 70.0 Å². The molecule has 1 aliphatic carbocycles. The van der Waals surface area contributed by atoms with Crippen LogP contribution in [-0.2, 0) is 17.4 Å². The second kappa shape index (κ2) is 11.0. The molecule has 0 spiro atoms. The number of alkyl halides is 3. The molecule has 37 heavy (non-hydrogen) atoms. The Morgan fingerprint density at radius 2 is 1.81 bits per heavy atom. The molecule has 2 aliphatic rings. The second-order valence-electron chi connectivity index (χ2n) is 10.0. The Labute approximate surface area is 213 Å². The largest absolute Gasteiger partial charge is 0.481 e. The summed E-state index contributed by atoms with van der Waals surface area (Å²) in [6.07, 6.45) is -0.494. The zero-order chi connectivity index (χ0) is 26.7. The zero-order valence-corrected chi connectivity index (χ0v) is 21.0. The van der Waals surface area contributed by atoms with Crippen molar-refractivity contribution in [3.8, 4) is 0 Å². The van der Waals surface area contributed by atoms with Crippen molar-refractivity contribution in [1.82, 2.24) is 19.8 Å². The van der Waals surface area contributed by atoms with E-state index in [1.54, 1.807) is 36.2 Å². The first kappa shape index (κ1) is 26.8. The molecule has 2 aromatic rings. The van der Waals surface area contributed by atoms with E-state index in [0.29, 0.717) is 30.5 Å². The van der Waals surface area contributed by atoms with E-state index in [4.69, 9.17) is 0 Å². The van der Waals surface area contributed by atoms with E-state index >= 15 is 0 Å². The first-order chi connectivity index (χ1) is 17.5. The molecule has 1 aromatic heterocycles. The summed E-state index contributed by atoms with van der Waals surface area (Å²) in [5.74, 6) is -2.17. The number of hydrogen-bond donors (Lipinski definition) is 2. The first-order valence-electron chi connectivity index (χ1n) is 12.5. The molecular weight excluding hydrogens is 487 g/mol. The molecule has 11 heteroatoms. The Kier molecular flexibility index (Phi) is 8.01. The van der Waals surface area contributed by atoms with Crippen molar-refractivity contribution in [2.75, 3.05) is 32.5 Å². The molecule has 4 rings (SSSR count). The van der Waals surface area contributed by atoms with E-state index in [1.165, 1.54) is 0 Å². The van der Waals surface area contributed by atoms with Crippen molar-refractivity contribution in [2.45, 2.75) is 50.7 Å². The summed E-state index contributed by atoms with van der Waals surface area (Å²) in [7, 11) is 3.87. The van der Waals surface area contributed by atoms with Gasteiger partial charge in [-0.25, -0.2) is 9.97 Å². The van der Waals surface area contributed by atoms with E-state index in [9.17, 15) is 27.9 Å². The van der Waals surface area contributed by atoms with Crippen LogP contribution >= 0.6 is 0 Å². The number of likely N-dealkylation sites (tertiary alicyclic amines) is 1. The Hall–Kier alpha value is -3.21. The molecule has 1 aromatic carbocycles. The number of amides is 1. The van der Waals surface area contributed by atoms with Crippen LogP contribution in [0.5, 0.6) is 0 Å². The summed E-state index contributed by atoms with van der Waals surface area (Å²) in [5.41, 5.74) is -0.128. The van der Waals surface area contributed by atoms with Crippen LogP contribution < -0.4 is 5.32 Å². The maximum atomic E-state index is 13.6. The normalized spacial score (nSPS) is 21.1. The monoisotopic (exact) mass is 519 g/mol. The molecule has 1 saturated carbocycles. The van der Waals surface area contributed by atoms with Gasteiger partial charge in [-0.15, -0.1) is 0 Å². The number of carboxylic acids is 1. The summed E-state index contributed by atoms with van der Waals surface area (Å²) in [5, 5.41) is 12.3. The molecule has 2 atom stereocenters. The Morgan fingerprint density at radius 1 is 1.14 bits per heavy atom. The van der Waals surface area contributed by atoms with Crippen molar-refractivity contribution < 1.29 is 27.9 Å². The number of nitrogens with zero attached hydrogens (tertiary/aromatic N) is 4. The predicted octanol–water partition coefficient (Wildman–Crippen LogP) is 4.45. The molecule has 1 saturated heterocycles. The minimum absolute atomic E-state index is 0.0182. The third-order valence-corrected chi connectivity index (χ3v) is 7.55. The number of carboxylic acid groups (broad SMARTS) is 1. The molecule has 8 nitrogen and oxygen atoms in total. The highest BCUT2D eigenvalue weighted by atomic mass is 19.4. The fourth-order valence-corrected chi connectivity index (χ4v) is 5.30. The Bertz CT molecular complexity index is 1120. The quantitative estimate of drug-likeness (QED) is 0.558. The van der Waals surface area contributed by atoms with Gasteiger partial charge in [0.25, 0.3) is 5.91 Å². The molecule has 2 N–H and O–H groups in total. The summed E-state index contributed by atoms with van der Waals surface area (Å²) in [6.45, 7) is 1.88. The number of nitrogens with one attached hydrogen (secondary N) is 1. The van der Waals surface area contributed by atoms with Gasteiger partial charge >= 0.3 is 12.1 Å². The fourth-order valence-electron chi connectivity index (χ4n) is 5.30. The van der Waals surface area contributed by atoms with Crippen molar-refractivity contribution in [1.29, 1.82) is 0 Å². The SMILES string of the molecule is CN1CCC(N(C)C(=O)c2ccc(Nc3ncc(C(F)(F)F)c(C[C@@H]4CCC[C@@H]4C(=O)O)n3)cc2)CC1.